The van der Waals surface area contributed by atoms with Crippen molar-refractivity contribution in [1.29, 1.82) is 0 Å². The van der Waals surface area contributed by atoms with E-state index in [2.05, 4.69) is 5.32 Å². The van der Waals surface area contributed by atoms with Crippen molar-refractivity contribution in [1.82, 2.24) is 0 Å². The average molecular weight is 404 g/mol. The Bertz CT molecular complexity index is 980. The number of nitrogens with zero attached hydrogens (tertiary/aromatic N) is 1. The molecule has 0 aromatic heterocycles. The summed E-state index contributed by atoms with van der Waals surface area (Å²) >= 11 is 0. The van der Waals surface area contributed by atoms with Crippen molar-refractivity contribution in [3.05, 3.63) is 59.7 Å². The molecule has 0 atom stereocenters. The standard InChI is InChI=1S/C21H19F3N2O3/c1-20(2)19(28)26(3)16-12-15(8-9-17(16)29-20)25-18(27)14-6-4-13(5-7-14)10-11-21(22,23)24/h4-12H,1-3H3,(H,25,27). The van der Waals surface area contributed by atoms with Gasteiger partial charge in [0, 0.05) is 24.4 Å². The number of halogens is 3. The first-order valence-electron chi connectivity index (χ1n) is 8.75. The first-order chi connectivity index (χ1) is 13.5. The van der Waals surface area contributed by atoms with Crippen LogP contribution in [-0.2, 0) is 4.79 Å². The minimum absolute atomic E-state index is 0.135. The number of carbonyl (C=O) groups is 2. The Hall–Kier alpha value is -3.29. The monoisotopic (exact) mass is 404 g/mol. The van der Waals surface area contributed by atoms with Gasteiger partial charge in [0.05, 0.1) is 5.69 Å². The van der Waals surface area contributed by atoms with Gasteiger partial charge in [0.1, 0.15) is 5.75 Å². The molecule has 29 heavy (non-hydrogen) atoms. The Labute approximate surface area is 165 Å². The normalized spacial score (nSPS) is 15.8. The first-order valence-corrected chi connectivity index (χ1v) is 8.75. The van der Waals surface area contributed by atoms with E-state index in [9.17, 15) is 22.8 Å². The lowest BCUT2D eigenvalue weighted by Crippen LogP contribution is -2.50. The molecule has 0 saturated carbocycles. The first kappa shape index (κ1) is 20.4. The number of hydrogen-bond donors (Lipinski definition) is 1. The third-order valence-electron chi connectivity index (χ3n) is 4.40. The van der Waals surface area contributed by atoms with Gasteiger partial charge in [-0.15, -0.1) is 0 Å². The van der Waals surface area contributed by atoms with E-state index in [0.717, 1.165) is 6.08 Å². The van der Waals surface area contributed by atoms with Crippen molar-refractivity contribution in [2.45, 2.75) is 25.6 Å². The fourth-order valence-electron chi connectivity index (χ4n) is 2.91. The Morgan fingerprint density at radius 1 is 1.14 bits per heavy atom. The molecule has 1 heterocycles. The predicted molar refractivity (Wildman–Crippen MR) is 104 cm³/mol. The maximum absolute atomic E-state index is 12.4. The van der Waals surface area contributed by atoms with Gasteiger partial charge in [-0.25, -0.2) is 0 Å². The molecule has 0 radical (unpaired) electrons. The highest BCUT2D eigenvalue weighted by atomic mass is 19.4. The summed E-state index contributed by atoms with van der Waals surface area (Å²) in [7, 11) is 1.63. The Kier molecular flexibility index (Phi) is 5.13. The largest absolute Gasteiger partial charge is 0.476 e. The lowest BCUT2D eigenvalue weighted by Gasteiger charge is -2.37. The van der Waals surface area contributed by atoms with Crippen molar-refractivity contribution in [2.75, 3.05) is 17.3 Å². The Morgan fingerprint density at radius 2 is 1.79 bits per heavy atom. The summed E-state index contributed by atoms with van der Waals surface area (Å²) in [6.45, 7) is 3.36. The van der Waals surface area contributed by atoms with Crippen LogP contribution in [0, 0.1) is 0 Å². The predicted octanol–water partition coefficient (Wildman–Crippen LogP) is 4.65. The second kappa shape index (κ2) is 7.27. The number of likely N-dealkylation sites (N-methyl/N-ethyl adjacent to an activating group) is 1. The van der Waals surface area contributed by atoms with Crippen LogP contribution in [0.3, 0.4) is 0 Å². The van der Waals surface area contributed by atoms with E-state index < -0.39 is 17.7 Å². The molecule has 2 amide bonds. The summed E-state index contributed by atoms with van der Waals surface area (Å²) in [5, 5.41) is 2.71. The maximum Gasteiger partial charge on any atom is 0.409 e. The summed E-state index contributed by atoms with van der Waals surface area (Å²) < 4.78 is 42.4. The van der Waals surface area contributed by atoms with E-state index in [1.54, 1.807) is 39.1 Å². The van der Waals surface area contributed by atoms with Crippen molar-refractivity contribution >= 4 is 29.3 Å². The van der Waals surface area contributed by atoms with Crippen LogP contribution in [0.5, 0.6) is 5.75 Å². The summed E-state index contributed by atoms with van der Waals surface area (Å²) in [5.41, 5.74) is 0.619. The van der Waals surface area contributed by atoms with Gasteiger partial charge in [-0.1, -0.05) is 18.2 Å². The van der Waals surface area contributed by atoms with E-state index in [4.69, 9.17) is 4.74 Å². The smallest absolute Gasteiger partial charge is 0.409 e. The molecule has 2 aromatic carbocycles. The highest BCUT2D eigenvalue weighted by molar-refractivity contribution is 6.06. The molecule has 0 fully saturated rings. The second-order valence-corrected chi connectivity index (χ2v) is 7.11. The number of allylic oxidation sites excluding steroid dienone is 1. The lowest BCUT2D eigenvalue weighted by molar-refractivity contribution is -0.132. The van der Waals surface area contributed by atoms with Crippen LogP contribution in [0.4, 0.5) is 24.5 Å². The van der Waals surface area contributed by atoms with Crippen molar-refractivity contribution < 1.29 is 27.5 Å². The zero-order valence-corrected chi connectivity index (χ0v) is 16.0. The van der Waals surface area contributed by atoms with Crippen molar-refractivity contribution in [2.24, 2.45) is 0 Å². The summed E-state index contributed by atoms with van der Waals surface area (Å²) in [6, 6.07) is 10.7. The molecule has 8 heteroatoms. The average Bonchev–Trinajstić information content (AvgIpc) is 2.65. The topological polar surface area (TPSA) is 58.6 Å². The highest BCUT2D eigenvalue weighted by Gasteiger charge is 2.39. The van der Waals surface area contributed by atoms with Gasteiger partial charge in [-0.05, 0) is 49.7 Å². The number of hydrogen-bond acceptors (Lipinski definition) is 3. The van der Waals surface area contributed by atoms with E-state index >= 15 is 0 Å². The van der Waals surface area contributed by atoms with Gasteiger partial charge >= 0.3 is 6.18 Å². The van der Waals surface area contributed by atoms with Crippen LogP contribution < -0.4 is 15.0 Å². The zero-order valence-electron chi connectivity index (χ0n) is 16.0. The van der Waals surface area contributed by atoms with E-state index in [1.807, 2.05) is 0 Å². The van der Waals surface area contributed by atoms with Gasteiger partial charge < -0.3 is 15.0 Å². The number of rotatable bonds is 3. The molecule has 0 bridgehead atoms. The van der Waals surface area contributed by atoms with Crippen molar-refractivity contribution in [3.63, 3.8) is 0 Å². The Balaban J connectivity index is 1.75. The summed E-state index contributed by atoms with van der Waals surface area (Å²) in [6.07, 6.45) is -3.33. The quantitative estimate of drug-likeness (QED) is 0.810. The number of ether oxygens (including phenoxy) is 1. The van der Waals surface area contributed by atoms with E-state index in [1.165, 1.54) is 29.2 Å². The number of amides is 2. The molecule has 152 valence electrons. The number of benzene rings is 2. The van der Waals surface area contributed by atoms with E-state index in [-0.39, 0.29) is 17.5 Å². The zero-order chi connectivity index (χ0) is 21.4. The van der Waals surface area contributed by atoms with Gasteiger partial charge in [-0.3, -0.25) is 9.59 Å². The molecule has 0 aliphatic carbocycles. The fraction of sp³-hybridized carbons (Fsp3) is 0.238. The number of carbonyl (C=O) groups excluding carboxylic acids is 2. The molecule has 3 rings (SSSR count). The molecule has 1 aliphatic heterocycles. The van der Waals surface area contributed by atoms with Crippen LogP contribution in [-0.4, -0.2) is 30.6 Å². The summed E-state index contributed by atoms with van der Waals surface area (Å²) in [4.78, 5) is 26.3. The molecular formula is C21H19F3N2O3. The second-order valence-electron chi connectivity index (χ2n) is 7.11. The Morgan fingerprint density at radius 3 is 2.41 bits per heavy atom. The molecule has 0 spiro atoms. The number of anilines is 2. The number of alkyl halides is 3. The molecular weight excluding hydrogens is 385 g/mol. The SMILES string of the molecule is CN1C(=O)C(C)(C)Oc2ccc(NC(=O)c3ccc(C=CC(F)(F)F)cc3)cc21. The lowest BCUT2D eigenvalue weighted by atomic mass is 10.0. The van der Waals surface area contributed by atoms with Crippen molar-refractivity contribution in [3.8, 4) is 5.75 Å². The van der Waals surface area contributed by atoms with Crippen LogP contribution in [0.15, 0.2) is 48.5 Å². The highest BCUT2D eigenvalue weighted by Crippen LogP contribution is 2.38. The summed E-state index contributed by atoms with van der Waals surface area (Å²) in [5.74, 6) is -0.116. The minimum atomic E-state index is -4.39. The molecule has 0 saturated heterocycles. The minimum Gasteiger partial charge on any atom is -0.476 e. The van der Waals surface area contributed by atoms with E-state index in [0.29, 0.717) is 22.7 Å². The number of fused-ring (bicyclic) bond motifs is 1. The van der Waals surface area contributed by atoms with Gasteiger partial charge in [0.15, 0.2) is 5.60 Å². The van der Waals surface area contributed by atoms with Crippen LogP contribution in [0.25, 0.3) is 6.08 Å². The van der Waals surface area contributed by atoms with Gasteiger partial charge in [0.2, 0.25) is 0 Å². The van der Waals surface area contributed by atoms with Crippen LogP contribution in [0.2, 0.25) is 0 Å². The van der Waals surface area contributed by atoms with Crippen LogP contribution >= 0.6 is 0 Å². The fourth-order valence-corrected chi connectivity index (χ4v) is 2.91. The molecule has 2 aromatic rings. The maximum atomic E-state index is 12.4. The molecule has 5 nitrogen and oxygen atoms in total. The van der Waals surface area contributed by atoms with Crippen LogP contribution in [0.1, 0.15) is 29.8 Å². The molecule has 0 unspecified atom stereocenters. The third kappa shape index (κ3) is 4.59. The molecule has 1 aliphatic rings. The van der Waals surface area contributed by atoms with Gasteiger partial charge in [-0.2, -0.15) is 13.2 Å². The molecule has 1 N–H and O–H groups in total. The third-order valence-corrected chi connectivity index (χ3v) is 4.40. The number of nitrogens with one attached hydrogen (secondary N) is 1. The van der Waals surface area contributed by atoms with Gasteiger partial charge in [0.25, 0.3) is 11.8 Å².